The second kappa shape index (κ2) is 8.03. The van der Waals surface area contributed by atoms with Gasteiger partial charge in [0.05, 0.1) is 21.9 Å². The van der Waals surface area contributed by atoms with E-state index in [2.05, 4.69) is 9.97 Å². The van der Waals surface area contributed by atoms with E-state index in [1.165, 1.54) is 29.7 Å². The number of pyridine rings is 1. The first kappa shape index (κ1) is 20.3. The number of carbonyl (C=O) groups is 1. The molecule has 1 saturated heterocycles. The first-order chi connectivity index (χ1) is 14.4. The number of hydrogen-bond acceptors (Lipinski definition) is 6. The van der Waals surface area contributed by atoms with Crippen LogP contribution in [0.25, 0.3) is 10.3 Å². The molecular weight excluding hydrogens is 413 g/mol. The van der Waals surface area contributed by atoms with Crippen molar-refractivity contribution in [3.8, 4) is 6.07 Å². The lowest BCUT2D eigenvalue weighted by Gasteiger charge is -2.23. The Balaban J connectivity index is 1.50. The highest BCUT2D eigenvalue weighted by atomic mass is 32.1. The van der Waals surface area contributed by atoms with Gasteiger partial charge < -0.3 is 4.90 Å². The number of aryl methyl sites for hydroxylation is 1. The van der Waals surface area contributed by atoms with Crippen LogP contribution in [-0.2, 0) is 17.4 Å². The zero-order valence-corrected chi connectivity index (χ0v) is 16.6. The Bertz CT molecular complexity index is 1140. The molecule has 1 aromatic carbocycles. The van der Waals surface area contributed by atoms with Crippen LogP contribution in [0.3, 0.4) is 0 Å². The summed E-state index contributed by atoms with van der Waals surface area (Å²) in [7, 11) is 0. The molecule has 0 spiro atoms. The lowest BCUT2D eigenvalue weighted by atomic mass is 9.98. The van der Waals surface area contributed by atoms with Crippen molar-refractivity contribution in [1.29, 1.82) is 5.26 Å². The van der Waals surface area contributed by atoms with Crippen LogP contribution in [0.2, 0.25) is 0 Å². The lowest BCUT2D eigenvalue weighted by Crippen LogP contribution is -2.36. The second-order valence-electron chi connectivity index (χ2n) is 7.13. The first-order valence-electron chi connectivity index (χ1n) is 9.48. The smallest absolute Gasteiger partial charge is 0.338 e. The van der Waals surface area contributed by atoms with Crippen molar-refractivity contribution < 1.29 is 18.0 Å². The number of nitriles is 1. The number of carbonyl (C=O) groups excluding carboxylic acids is 1. The molecule has 0 radical (unpaired) electrons. The van der Waals surface area contributed by atoms with Crippen LogP contribution in [0.5, 0.6) is 0 Å². The van der Waals surface area contributed by atoms with E-state index >= 15 is 0 Å². The van der Waals surface area contributed by atoms with E-state index in [1.54, 1.807) is 12.1 Å². The molecule has 1 aliphatic rings. The number of rotatable bonds is 5. The molecule has 3 heterocycles. The molecule has 1 atom stereocenters. The molecule has 3 aromatic rings. The number of thiazole rings is 1. The number of hydrogen-bond donors (Lipinski definition) is 0. The molecule has 0 unspecified atom stereocenters. The van der Waals surface area contributed by atoms with Crippen molar-refractivity contribution in [2.24, 2.45) is 0 Å². The van der Waals surface area contributed by atoms with Crippen LogP contribution in [-0.4, -0.2) is 28.3 Å². The molecule has 1 fully saturated rings. The summed E-state index contributed by atoms with van der Waals surface area (Å²) in [6, 6.07) is 8.73. The van der Waals surface area contributed by atoms with Crippen molar-refractivity contribution in [3.63, 3.8) is 0 Å². The SMILES string of the molecule is N#Cc1cnc2nc(N3CCC[C@@H]3C(=O)CCc3ccccc3C(F)(F)F)sc2c1. The monoisotopic (exact) mass is 430 g/mol. The normalized spacial score (nSPS) is 16.7. The largest absolute Gasteiger partial charge is 0.416 e. The van der Waals surface area contributed by atoms with Gasteiger partial charge in [-0.1, -0.05) is 29.5 Å². The standard InChI is InChI=1S/C21H17F3N4OS/c22-21(23,24)15-5-2-1-4-14(15)7-8-17(29)16-6-3-9-28(16)20-27-19-18(30-20)10-13(11-25)12-26-19/h1-2,4-5,10,12,16H,3,6-9H2/t16-/m1/s1. The fourth-order valence-corrected chi connectivity index (χ4v) is 4.80. The van der Waals surface area contributed by atoms with E-state index in [9.17, 15) is 18.0 Å². The van der Waals surface area contributed by atoms with Crippen LogP contribution in [0, 0.1) is 11.3 Å². The number of fused-ring (bicyclic) bond motifs is 1. The molecule has 2 aromatic heterocycles. The number of halogens is 3. The molecule has 5 nitrogen and oxygen atoms in total. The fourth-order valence-electron chi connectivity index (χ4n) is 3.76. The summed E-state index contributed by atoms with van der Waals surface area (Å²) < 4.78 is 40.3. The van der Waals surface area contributed by atoms with Crippen LogP contribution in [0.15, 0.2) is 36.5 Å². The number of anilines is 1. The molecule has 9 heteroatoms. The van der Waals surface area contributed by atoms with Gasteiger partial charge in [0.1, 0.15) is 6.07 Å². The molecule has 1 aliphatic heterocycles. The highest BCUT2D eigenvalue weighted by molar-refractivity contribution is 7.22. The third kappa shape index (κ3) is 4.00. The molecule has 0 amide bonds. The zero-order valence-electron chi connectivity index (χ0n) is 15.8. The Morgan fingerprint density at radius 1 is 1.33 bits per heavy atom. The molecule has 0 bridgehead atoms. The van der Waals surface area contributed by atoms with Gasteiger partial charge in [-0.15, -0.1) is 0 Å². The minimum atomic E-state index is -4.44. The molecule has 0 saturated carbocycles. The number of Topliss-reactive ketones (excluding diaryl/α,β-unsaturated/α-hetero) is 1. The molecule has 30 heavy (non-hydrogen) atoms. The van der Waals surface area contributed by atoms with E-state index < -0.39 is 17.8 Å². The Morgan fingerprint density at radius 3 is 2.90 bits per heavy atom. The van der Waals surface area contributed by atoms with Crippen LogP contribution in [0.1, 0.15) is 36.0 Å². The van der Waals surface area contributed by atoms with Crippen molar-refractivity contribution >= 4 is 32.6 Å². The molecule has 0 aliphatic carbocycles. The van der Waals surface area contributed by atoms with Crippen molar-refractivity contribution in [2.75, 3.05) is 11.4 Å². The van der Waals surface area contributed by atoms with Gasteiger partial charge >= 0.3 is 6.18 Å². The highest BCUT2D eigenvalue weighted by Gasteiger charge is 2.35. The summed E-state index contributed by atoms with van der Waals surface area (Å²) in [4.78, 5) is 23.5. The summed E-state index contributed by atoms with van der Waals surface area (Å²) in [6.07, 6.45) is -1.44. The molecule has 154 valence electrons. The number of nitrogens with zero attached hydrogens (tertiary/aromatic N) is 4. The minimum Gasteiger partial charge on any atom is -0.338 e. The van der Waals surface area contributed by atoms with Gasteiger partial charge in [-0.25, -0.2) is 4.98 Å². The van der Waals surface area contributed by atoms with Crippen molar-refractivity contribution in [2.45, 2.75) is 37.9 Å². The van der Waals surface area contributed by atoms with E-state index in [0.717, 1.165) is 17.2 Å². The average Bonchev–Trinajstić information content (AvgIpc) is 3.37. The van der Waals surface area contributed by atoms with Gasteiger partial charge in [-0.3, -0.25) is 4.79 Å². The maximum Gasteiger partial charge on any atom is 0.416 e. The minimum absolute atomic E-state index is 0.0377. The number of ketones is 1. The van der Waals surface area contributed by atoms with Crippen LogP contribution >= 0.6 is 11.3 Å². The Morgan fingerprint density at radius 2 is 2.13 bits per heavy atom. The Labute approximate surface area is 174 Å². The maximum absolute atomic E-state index is 13.2. The summed E-state index contributed by atoms with van der Waals surface area (Å²) in [5.41, 5.74) is 0.407. The quantitative estimate of drug-likeness (QED) is 0.584. The molecule has 0 N–H and O–H groups in total. The second-order valence-corrected chi connectivity index (χ2v) is 8.14. The van der Waals surface area contributed by atoms with Gasteiger partial charge in [-0.05, 0) is 37.0 Å². The summed E-state index contributed by atoms with van der Waals surface area (Å²) >= 11 is 1.37. The number of benzene rings is 1. The van der Waals surface area contributed by atoms with Crippen molar-refractivity contribution in [1.82, 2.24) is 9.97 Å². The Hall–Kier alpha value is -2.99. The topological polar surface area (TPSA) is 69.9 Å². The lowest BCUT2D eigenvalue weighted by molar-refractivity contribution is -0.138. The van der Waals surface area contributed by atoms with E-state index in [1.807, 2.05) is 11.0 Å². The van der Waals surface area contributed by atoms with E-state index in [-0.39, 0.29) is 24.2 Å². The predicted octanol–water partition coefficient (Wildman–Crippen LogP) is 4.75. The molecular formula is C21H17F3N4OS. The first-order valence-corrected chi connectivity index (χ1v) is 10.3. The fraction of sp³-hybridized carbons (Fsp3) is 0.333. The van der Waals surface area contributed by atoms with Crippen molar-refractivity contribution in [3.05, 3.63) is 53.2 Å². The third-order valence-electron chi connectivity index (χ3n) is 5.20. The van der Waals surface area contributed by atoms with E-state index in [0.29, 0.717) is 29.3 Å². The van der Waals surface area contributed by atoms with E-state index in [4.69, 9.17) is 5.26 Å². The zero-order chi connectivity index (χ0) is 21.3. The predicted molar refractivity (Wildman–Crippen MR) is 107 cm³/mol. The number of alkyl halides is 3. The van der Waals surface area contributed by atoms with Gasteiger partial charge in [0.25, 0.3) is 0 Å². The van der Waals surface area contributed by atoms with Gasteiger partial charge in [0.15, 0.2) is 16.6 Å². The maximum atomic E-state index is 13.2. The van der Waals surface area contributed by atoms with Gasteiger partial charge in [-0.2, -0.15) is 23.4 Å². The highest BCUT2D eigenvalue weighted by Crippen LogP contribution is 2.35. The summed E-state index contributed by atoms with van der Waals surface area (Å²) in [5, 5.41) is 9.67. The van der Waals surface area contributed by atoms with Gasteiger partial charge in [0, 0.05) is 19.2 Å². The summed E-state index contributed by atoms with van der Waals surface area (Å²) in [5.74, 6) is -0.0885. The Kier molecular flexibility index (Phi) is 5.43. The van der Waals surface area contributed by atoms with Crippen LogP contribution in [0.4, 0.5) is 18.3 Å². The average molecular weight is 430 g/mol. The number of aromatic nitrogens is 2. The van der Waals surface area contributed by atoms with Gasteiger partial charge in [0.2, 0.25) is 0 Å². The molecule has 4 rings (SSSR count). The van der Waals surface area contributed by atoms with Crippen LogP contribution < -0.4 is 4.90 Å². The third-order valence-corrected chi connectivity index (χ3v) is 6.23. The summed E-state index contributed by atoms with van der Waals surface area (Å²) in [6.45, 7) is 0.653.